The fourth-order valence-corrected chi connectivity index (χ4v) is 8.96. The summed E-state index contributed by atoms with van der Waals surface area (Å²) in [6.45, 7) is 3.78. The Hall–Kier alpha value is -1.84. The lowest BCUT2D eigenvalue weighted by molar-refractivity contribution is -0.150. The van der Waals surface area contributed by atoms with Crippen molar-refractivity contribution in [3.63, 3.8) is 0 Å². The lowest BCUT2D eigenvalue weighted by Gasteiger charge is -2.61. The van der Waals surface area contributed by atoms with Crippen molar-refractivity contribution in [2.45, 2.75) is 102 Å². The van der Waals surface area contributed by atoms with Gasteiger partial charge in [0.05, 0.1) is 5.41 Å². The molecule has 2 unspecified atom stereocenters. The summed E-state index contributed by atoms with van der Waals surface area (Å²) >= 11 is 0. The van der Waals surface area contributed by atoms with Gasteiger partial charge < -0.3 is 10.2 Å². The number of hydrogen-bond acceptors (Lipinski definition) is 2. The lowest BCUT2D eigenvalue weighted by Crippen LogP contribution is -2.60. The molecule has 5 aliphatic carbocycles. The normalized spacial score (nSPS) is 36.0. The molecule has 1 saturated heterocycles. The second-order valence-electron chi connectivity index (χ2n) is 12.8. The Morgan fingerprint density at radius 1 is 0.882 bits per heavy atom. The largest absolute Gasteiger partial charge is 0.353 e. The standard InChI is InChI=1S/C30H42N2O2/c1-21-7-9-25(10-8-21)29-16-22-15-23(17-29)19-30(18-22,20-29)28(34)31-26-11-13-32(14-12-26)27(33)24-5-3-2-4-6-24/h7-10,22-24,26H,2-6,11-20H2,1H3,(H,31,34). The number of nitrogens with zero attached hydrogens (tertiary/aromatic N) is 1. The topological polar surface area (TPSA) is 49.4 Å². The molecule has 6 aliphatic rings. The average molecular weight is 463 g/mol. The van der Waals surface area contributed by atoms with Crippen LogP contribution in [0.3, 0.4) is 0 Å². The van der Waals surface area contributed by atoms with Gasteiger partial charge in [0.15, 0.2) is 0 Å². The highest BCUT2D eigenvalue weighted by atomic mass is 16.2. The smallest absolute Gasteiger partial charge is 0.226 e. The first-order valence-corrected chi connectivity index (χ1v) is 14.1. The fraction of sp³-hybridized carbons (Fsp3) is 0.733. The molecule has 1 heterocycles. The molecule has 4 heteroatoms. The van der Waals surface area contributed by atoms with E-state index in [-0.39, 0.29) is 22.8 Å². The first kappa shape index (κ1) is 22.6. The van der Waals surface area contributed by atoms with Crippen molar-refractivity contribution in [3.05, 3.63) is 35.4 Å². The van der Waals surface area contributed by atoms with Crippen LogP contribution in [-0.2, 0) is 15.0 Å². The summed E-state index contributed by atoms with van der Waals surface area (Å²) < 4.78 is 0. The molecule has 34 heavy (non-hydrogen) atoms. The number of carbonyl (C=O) groups excluding carboxylic acids is 2. The van der Waals surface area contributed by atoms with Gasteiger partial charge in [-0.2, -0.15) is 0 Å². The molecule has 4 bridgehead atoms. The summed E-state index contributed by atoms with van der Waals surface area (Å²) in [6.07, 6.45) is 14.7. The fourth-order valence-electron chi connectivity index (χ4n) is 8.96. The minimum Gasteiger partial charge on any atom is -0.353 e. The first-order valence-electron chi connectivity index (χ1n) is 14.1. The molecule has 4 nitrogen and oxygen atoms in total. The van der Waals surface area contributed by atoms with E-state index in [9.17, 15) is 9.59 Å². The number of nitrogens with one attached hydrogen (secondary N) is 1. The SMILES string of the molecule is Cc1ccc(C23CC4CC(CC(C(=O)NC5CCN(C(=O)C6CCCCC6)CC5)(C4)C2)C3)cc1. The van der Waals surface area contributed by atoms with Gasteiger partial charge in [0.25, 0.3) is 0 Å². The molecule has 1 aliphatic heterocycles. The molecule has 1 aromatic rings. The molecule has 1 N–H and O–H groups in total. The quantitative estimate of drug-likeness (QED) is 0.640. The number of piperidine rings is 1. The summed E-state index contributed by atoms with van der Waals surface area (Å²) in [7, 11) is 0. The lowest BCUT2D eigenvalue weighted by atomic mass is 9.42. The summed E-state index contributed by atoms with van der Waals surface area (Å²) in [4.78, 5) is 28.9. The molecular weight excluding hydrogens is 420 g/mol. The Labute approximate surface area is 205 Å². The molecule has 2 amide bonds. The third-order valence-corrected chi connectivity index (χ3v) is 10.3. The van der Waals surface area contributed by atoms with E-state index in [0.717, 1.165) is 58.0 Å². The summed E-state index contributed by atoms with van der Waals surface area (Å²) in [5.41, 5.74) is 2.81. The highest BCUT2D eigenvalue weighted by Gasteiger charge is 2.61. The molecule has 1 aromatic carbocycles. The molecule has 5 saturated carbocycles. The van der Waals surface area contributed by atoms with Crippen molar-refractivity contribution in [2.24, 2.45) is 23.2 Å². The van der Waals surface area contributed by atoms with Crippen LogP contribution in [0.2, 0.25) is 0 Å². The monoisotopic (exact) mass is 462 g/mol. The number of carbonyl (C=O) groups is 2. The van der Waals surface area contributed by atoms with Crippen LogP contribution in [0, 0.1) is 30.1 Å². The zero-order valence-corrected chi connectivity index (χ0v) is 21.0. The Kier molecular flexibility index (Phi) is 5.77. The van der Waals surface area contributed by atoms with E-state index in [2.05, 4.69) is 41.4 Å². The third kappa shape index (κ3) is 3.99. The van der Waals surface area contributed by atoms with Crippen molar-refractivity contribution >= 4 is 11.8 Å². The molecule has 0 radical (unpaired) electrons. The van der Waals surface area contributed by atoms with E-state index >= 15 is 0 Å². The van der Waals surface area contributed by atoms with Gasteiger partial charge in [-0.1, -0.05) is 49.1 Å². The second kappa shape index (κ2) is 8.68. The molecule has 7 rings (SSSR count). The minimum atomic E-state index is -0.177. The van der Waals surface area contributed by atoms with Gasteiger partial charge in [0.1, 0.15) is 0 Å². The predicted molar refractivity (Wildman–Crippen MR) is 134 cm³/mol. The zero-order chi connectivity index (χ0) is 23.3. The van der Waals surface area contributed by atoms with Crippen LogP contribution in [0.1, 0.15) is 94.6 Å². The first-order chi connectivity index (χ1) is 16.4. The van der Waals surface area contributed by atoms with Crippen LogP contribution in [0.5, 0.6) is 0 Å². The summed E-state index contributed by atoms with van der Waals surface area (Å²) in [5.74, 6) is 2.36. The van der Waals surface area contributed by atoms with Gasteiger partial charge >= 0.3 is 0 Å². The Bertz CT molecular complexity index is 910. The van der Waals surface area contributed by atoms with Crippen LogP contribution in [0.15, 0.2) is 24.3 Å². The van der Waals surface area contributed by atoms with E-state index in [1.807, 2.05) is 0 Å². The van der Waals surface area contributed by atoms with Gasteiger partial charge in [-0.05, 0) is 93.9 Å². The van der Waals surface area contributed by atoms with Gasteiger partial charge in [-0.15, -0.1) is 0 Å². The number of rotatable bonds is 4. The maximum Gasteiger partial charge on any atom is 0.226 e. The Morgan fingerprint density at radius 2 is 1.53 bits per heavy atom. The van der Waals surface area contributed by atoms with E-state index in [1.165, 1.54) is 49.7 Å². The number of benzene rings is 1. The summed E-state index contributed by atoms with van der Waals surface area (Å²) in [6, 6.07) is 9.41. The number of aryl methyl sites for hydroxylation is 1. The molecular formula is C30H42N2O2. The second-order valence-corrected chi connectivity index (χ2v) is 12.8. The zero-order valence-electron chi connectivity index (χ0n) is 21.0. The Morgan fingerprint density at radius 3 is 2.18 bits per heavy atom. The van der Waals surface area contributed by atoms with Crippen molar-refractivity contribution in [1.82, 2.24) is 10.2 Å². The Balaban J connectivity index is 1.11. The van der Waals surface area contributed by atoms with E-state index in [0.29, 0.717) is 23.7 Å². The van der Waals surface area contributed by atoms with Gasteiger partial charge in [0.2, 0.25) is 11.8 Å². The predicted octanol–water partition coefficient (Wildman–Crippen LogP) is 5.52. The highest BCUT2D eigenvalue weighted by Crippen LogP contribution is 2.65. The third-order valence-electron chi connectivity index (χ3n) is 10.3. The minimum absolute atomic E-state index is 0.177. The number of hydrogen-bond donors (Lipinski definition) is 1. The maximum absolute atomic E-state index is 13.9. The van der Waals surface area contributed by atoms with Crippen LogP contribution in [0.4, 0.5) is 0 Å². The van der Waals surface area contributed by atoms with Crippen LogP contribution >= 0.6 is 0 Å². The van der Waals surface area contributed by atoms with E-state index < -0.39 is 0 Å². The van der Waals surface area contributed by atoms with Crippen molar-refractivity contribution in [3.8, 4) is 0 Å². The number of amides is 2. The van der Waals surface area contributed by atoms with Crippen molar-refractivity contribution in [2.75, 3.05) is 13.1 Å². The summed E-state index contributed by atoms with van der Waals surface area (Å²) in [5, 5.41) is 3.52. The van der Waals surface area contributed by atoms with Gasteiger partial charge in [-0.3, -0.25) is 9.59 Å². The average Bonchev–Trinajstić information content (AvgIpc) is 2.84. The molecule has 184 valence electrons. The van der Waals surface area contributed by atoms with Crippen LogP contribution in [0.25, 0.3) is 0 Å². The van der Waals surface area contributed by atoms with Crippen molar-refractivity contribution in [1.29, 1.82) is 0 Å². The molecule has 2 atom stereocenters. The highest BCUT2D eigenvalue weighted by molar-refractivity contribution is 5.84. The van der Waals surface area contributed by atoms with Gasteiger partial charge in [-0.25, -0.2) is 0 Å². The maximum atomic E-state index is 13.9. The van der Waals surface area contributed by atoms with Gasteiger partial charge in [0, 0.05) is 25.0 Å². The molecule has 0 spiro atoms. The molecule has 6 fully saturated rings. The molecule has 0 aromatic heterocycles. The van der Waals surface area contributed by atoms with E-state index in [1.54, 1.807) is 0 Å². The van der Waals surface area contributed by atoms with E-state index in [4.69, 9.17) is 0 Å². The van der Waals surface area contributed by atoms with Crippen molar-refractivity contribution < 1.29 is 9.59 Å². The van der Waals surface area contributed by atoms with Crippen LogP contribution in [-0.4, -0.2) is 35.8 Å². The number of likely N-dealkylation sites (tertiary alicyclic amines) is 1. The van der Waals surface area contributed by atoms with Crippen LogP contribution < -0.4 is 5.32 Å².